The van der Waals surface area contributed by atoms with Crippen molar-refractivity contribution < 1.29 is 13.6 Å². The highest BCUT2D eigenvalue weighted by Gasteiger charge is 2.39. The molecule has 1 aliphatic heterocycles. The van der Waals surface area contributed by atoms with E-state index in [1.165, 1.54) is 0 Å². The molecule has 0 bridgehead atoms. The van der Waals surface area contributed by atoms with Gasteiger partial charge < -0.3 is 10.6 Å². The molecule has 1 fully saturated rings. The molecule has 0 aromatic heterocycles. The molecule has 0 atom stereocenters. The van der Waals surface area contributed by atoms with E-state index in [9.17, 15) is 13.6 Å². The predicted molar refractivity (Wildman–Crippen MR) is 78.4 cm³/mol. The van der Waals surface area contributed by atoms with Crippen LogP contribution in [0.5, 0.6) is 0 Å². The number of hydrogen-bond acceptors (Lipinski definition) is 2. The number of rotatable bonds is 1. The summed E-state index contributed by atoms with van der Waals surface area (Å²) in [5, 5.41) is 0. The van der Waals surface area contributed by atoms with Gasteiger partial charge in [-0.05, 0) is 49.4 Å². The standard InChI is InChI=1S/C16H20F2N2O/c17-16(18)7-5-11(6-8-16)15(21)20-9-1-2-12-10-13(19)3-4-14(12)20/h3-4,10-11H,1-2,5-9,19H2. The molecule has 0 radical (unpaired) electrons. The van der Waals surface area contributed by atoms with Gasteiger partial charge in [0.05, 0.1) is 0 Å². The quantitative estimate of drug-likeness (QED) is 0.807. The molecule has 21 heavy (non-hydrogen) atoms. The van der Waals surface area contributed by atoms with E-state index in [1.807, 2.05) is 12.1 Å². The Morgan fingerprint density at radius 2 is 2.00 bits per heavy atom. The molecule has 2 N–H and O–H groups in total. The second-order valence-electron chi connectivity index (χ2n) is 6.11. The lowest BCUT2D eigenvalue weighted by Crippen LogP contribution is -2.42. The number of halogens is 2. The Morgan fingerprint density at radius 3 is 2.71 bits per heavy atom. The molecule has 1 aromatic carbocycles. The Kier molecular flexibility index (Phi) is 3.59. The average Bonchev–Trinajstić information content (AvgIpc) is 2.45. The van der Waals surface area contributed by atoms with E-state index in [-0.39, 0.29) is 37.5 Å². The highest BCUT2D eigenvalue weighted by molar-refractivity contribution is 5.96. The minimum atomic E-state index is -2.59. The van der Waals surface area contributed by atoms with Crippen LogP contribution in [0.2, 0.25) is 0 Å². The number of benzene rings is 1. The van der Waals surface area contributed by atoms with E-state index in [0.717, 1.165) is 24.1 Å². The van der Waals surface area contributed by atoms with Crippen LogP contribution in [0, 0.1) is 5.92 Å². The molecule has 114 valence electrons. The van der Waals surface area contributed by atoms with Crippen molar-refractivity contribution in [2.24, 2.45) is 5.92 Å². The van der Waals surface area contributed by atoms with Gasteiger partial charge in [0.1, 0.15) is 0 Å². The zero-order valence-electron chi connectivity index (χ0n) is 11.9. The van der Waals surface area contributed by atoms with Crippen molar-refractivity contribution in [2.75, 3.05) is 17.2 Å². The SMILES string of the molecule is Nc1ccc2c(c1)CCCN2C(=O)C1CCC(F)(F)CC1. The largest absolute Gasteiger partial charge is 0.399 e. The van der Waals surface area contributed by atoms with Crippen LogP contribution in [-0.4, -0.2) is 18.4 Å². The van der Waals surface area contributed by atoms with Crippen molar-refractivity contribution in [1.29, 1.82) is 0 Å². The summed E-state index contributed by atoms with van der Waals surface area (Å²) < 4.78 is 26.5. The number of aryl methyl sites for hydroxylation is 1. The summed E-state index contributed by atoms with van der Waals surface area (Å²) in [6.45, 7) is 0.669. The maximum absolute atomic E-state index is 13.2. The summed E-state index contributed by atoms with van der Waals surface area (Å²) in [4.78, 5) is 14.4. The van der Waals surface area contributed by atoms with Crippen LogP contribution in [-0.2, 0) is 11.2 Å². The Hall–Kier alpha value is -1.65. The number of amides is 1. The second-order valence-corrected chi connectivity index (χ2v) is 6.11. The number of fused-ring (bicyclic) bond motifs is 1. The maximum atomic E-state index is 13.2. The summed E-state index contributed by atoms with van der Waals surface area (Å²) in [5.41, 5.74) is 8.46. The molecule has 5 heteroatoms. The number of carbonyl (C=O) groups excluding carboxylic acids is 1. The molecule has 1 amide bonds. The Bertz CT molecular complexity index is 549. The molecular weight excluding hydrogens is 274 g/mol. The lowest BCUT2D eigenvalue weighted by Gasteiger charge is -2.35. The third-order valence-electron chi connectivity index (χ3n) is 4.55. The highest BCUT2D eigenvalue weighted by Crippen LogP contribution is 2.38. The fourth-order valence-corrected chi connectivity index (χ4v) is 3.35. The third kappa shape index (κ3) is 2.87. The molecule has 1 heterocycles. The topological polar surface area (TPSA) is 46.3 Å². The van der Waals surface area contributed by atoms with Gasteiger partial charge in [-0.1, -0.05) is 0 Å². The smallest absolute Gasteiger partial charge is 0.248 e. The van der Waals surface area contributed by atoms with Gasteiger partial charge in [0.25, 0.3) is 0 Å². The van der Waals surface area contributed by atoms with Crippen LogP contribution in [0.25, 0.3) is 0 Å². The average molecular weight is 294 g/mol. The summed E-state index contributed by atoms with van der Waals surface area (Å²) in [6.07, 6.45) is 2.02. The minimum absolute atomic E-state index is 0.00350. The molecule has 1 aromatic rings. The van der Waals surface area contributed by atoms with Crippen LogP contribution in [0.15, 0.2) is 18.2 Å². The van der Waals surface area contributed by atoms with Gasteiger partial charge in [0.15, 0.2) is 0 Å². The Morgan fingerprint density at radius 1 is 1.29 bits per heavy atom. The summed E-state index contributed by atoms with van der Waals surface area (Å²) >= 11 is 0. The van der Waals surface area contributed by atoms with Crippen LogP contribution in [0.4, 0.5) is 20.2 Å². The Labute approximate surface area is 123 Å². The molecule has 0 saturated heterocycles. The molecular formula is C16H20F2N2O. The summed E-state index contributed by atoms with van der Waals surface area (Å²) in [5.74, 6) is -2.87. The number of nitrogens with two attached hydrogens (primary N) is 1. The monoisotopic (exact) mass is 294 g/mol. The first-order valence-electron chi connectivity index (χ1n) is 7.54. The first-order valence-corrected chi connectivity index (χ1v) is 7.54. The normalized spacial score (nSPS) is 21.9. The van der Waals surface area contributed by atoms with Crippen LogP contribution in [0.3, 0.4) is 0 Å². The third-order valence-corrected chi connectivity index (χ3v) is 4.55. The van der Waals surface area contributed by atoms with Crippen molar-refractivity contribution in [3.63, 3.8) is 0 Å². The molecule has 1 aliphatic carbocycles. The van der Waals surface area contributed by atoms with Gasteiger partial charge in [-0.25, -0.2) is 8.78 Å². The van der Waals surface area contributed by atoms with Crippen molar-refractivity contribution in [3.05, 3.63) is 23.8 Å². The molecule has 2 aliphatic rings. The lowest BCUT2D eigenvalue weighted by atomic mass is 9.85. The number of carbonyl (C=O) groups is 1. The molecule has 0 spiro atoms. The second kappa shape index (κ2) is 5.28. The highest BCUT2D eigenvalue weighted by atomic mass is 19.3. The van der Waals surface area contributed by atoms with Gasteiger partial charge in [0.2, 0.25) is 11.8 Å². The van der Waals surface area contributed by atoms with Crippen molar-refractivity contribution >= 4 is 17.3 Å². The van der Waals surface area contributed by atoms with E-state index in [4.69, 9.17) is 5.73 Å². The zero-order valence-corrected chi connectivity index (χ0v) is 11.9. The van der Waals surface area contributed by atoms with Gasteiger partial charge in [-0.2, -0.15) is 0 Å². The van der Waals surface area contributed by atoms with E-state index in [0.29, 0.717) is 12.2 Å². The number of hydrogen-bond donors (Lipinski definition) is 1. The fourth-order valence-electron chi connectivity index (χ4n) is 3.35. The number of nitrogen functional groups attached to an aromatic ring is 1. The van der Waals surface area contributed by atoms with E-state index in [1.54, 1.807) is 11.0 Å². The Balaban J connectivity index is 1.78. The van der Waals surface area contributed by atoms with Crippen LogP contribution in [0.1, 0.15) is 37.7 Å². The van der Waals surface area contributed by atoms with Crippen LogP contribution < -0.4 is 10.6 Å². The van der Waals surface area contributed by atoms with Gasteiger partial charge in [0, 0.05) is 36.7 Å². The van der Waals surface area contributed by atoms with Crippen molar-refractivity contribution in [2.45, 2.75) is 44.4 Å². The van der Waals surface area contributed by atoms with Crippen LogP contribution >= 0.6 is 0 Å². The first kappa shape index (κ1) is 14.3. The molecule has 3 rings (SSSR count). The van der Waals surface area contributed by atoms with E-state index in [2.05, 4.69) is 0 Å². The first-order chi connectivity index (χ1) is 9.96. The number of alkyl halides is 2. The summed E-state index contributed by atoms with van der Waals surface area (Å²) in [7, 11) is 0. The predicted octanol–water partition coefficient (Wildman–Crippen LogP) is 3.37. The lowest BCUT2D eigenvalue weighted by molar-refractivity contribution is -0.126. The van der Waals surface area contributed by atoms with Gasteiger partial charge in [-0.15, -0.1) is 0 Å². The van der Waals surface area contributed by atoms with E-state index < -0.39 is 5.92 Å². The molecule has 3 nitrogen and oxygen atoms in total. The number of nitrogens with zero attached hydrogens (tertiary/aromatic N) is 1. The van der Waals surface area contributed by atoms with Crippen molar-refractivity contribution in [1.82, 2.24) is 0 Å². The summed E-state index contributed by atoms with van der Waals surface area (Å²) in [6, 6.07) is 5.57. The van der Waals surface area contributed by atoms with Crippen molar-refractivity contribution in [3.8, 4) is 0 Å². The molecule has 0 unspecified atom stereocenters. The fraction of sp³-hybridized carbons (Fsp3) is 0.562. The van der Waals surface area contributed by atoms with E-state index >= 15 is 0 Å². The molecule has 1 saturated carbocycles. The van der Waals surface area contributed by atoms with Gasteiger partial charge >= 0.3 is 0 Å². The maximum Gasteiger partial charge on any atom is 0.248 e. The minimum Gasteiger partial charge on any atom is -0.399 e. The number of anilines is 2. The zero-order chi connectivity index (χ0) is 15.0. The van der Waals surface area contributed by atoms with Gasteiger partial charge in [-0.3, -0.25) is 4.79 Å².